The Morgan fingerprint density at radius 1 is 0.714 bits per heavy atom. The zero-order valence-corrected chi connectivity index (χ0v) is 26.9. The minimum Gasteiger partial charge on any atom is -0.478 e. The molecule has 0 aliphatic rings. The highest BCUT2D eigenvalue weighted by molar-refractivity contribution is 7.80. The third-order valence-electron chi connectivity index (χ3n) is 4.06. The number of ether oxygens (including phenoxy) is 6. The molecule has 12 nitrogen and oxygen atoms in total. The fraction of sp³-hybridized carbons (Fsp3) is 0.500. The lowest BCUT2D eigenvalue weighted by atomic mass is 10.2. The van der Waals surface area contributed by atoms with Crippen LogP contribution in [0.1, 0.15) is 55.4 Å². The number of hydrogen-bond acceptors (Lipinski definition) is 12. The summed E-state index contributed by atoms with van der Waals surface area (Å²) < 4.78 is 31.4. The van der Waals surface area contributed by atoms with Crippen LogP contribution in [0.4, 0.5) is 11.6 Å². The van der Waals surface area contributed by atoms with Crippen LogP contribution in [0.2, 0.25) is 0 Å². The van der Waals surface area contributed by atoms with Gasteiger partial charge in [-0.2, -0.15) is 0 Å². The van der Waals surface area contributed by atoms with Crippen LogP contribution in [0.5, 0.6) is 11.5 Å². The van der Waals surface area contributed by atoms with Crippen molar-refractivity contribution in [1.29, 1.82) is 0 Å². The van der Waals surface area contributed by atoms with Gasteiger partial charge < -0.3 is 28.4 Å². The Bertz CT molecular complexity index is 1090. The van der Waals surface area contributed by atoms with Crippen molar-refractivity contribution in [3.05, 3.63) is 36.7 Å². The zero-order chi connectivity index (χ0) is 31.8. The molecule has 232 valence electrons. The molecular formula is C28H40N4O8S2. The van der Waals surface area contributed by atoms with Crippen molar-refractivity contribution in [3.63, 3.8) is 0 Å². The van der Waals surface area contributed by atoms with Crippen molar-refractivity contribution in [3.8, 4) is 11.5 Å². The largest absolute Gasteiger partial charge is 0.478 e. The van der Waals surface area contributed by atoms with E-state index < -0.39 is 23.1 Å². The number of rotatable bonds is 10. The Morgan fingerprint density at radius 3 is 1.38 bits per heavy atom. The van der Waals surface area contributed by atoms with Crippen molar-refractivity contribution in [2.24, 2.45) is 0 Å². The molecule has 2 N–H and O–H groups in total. The van der Waals surface area contributed by atoms with E-state index in [1.165, 1.54) is 0 Å². The zero-order valence-electron chi connectivity index (χ0n) is 25.3. The van der Waals surface area contributed by atoms with Crippen LogP contribution < -0.4 is 20.1 Å². The van der Waals surface area contributed by atoms with E-state index in [9.17, 15) is 9.59 Å². The molecule has 0 saturated heterocycles. The number of hydrogen-bond donors (Lipinski definition) is 2. The molecular weight excluding hydrogens is 584 g/mol. The van der Waals surface area contributed by atoms with Crippen LogP contribution in [-0.4, -0.2) is 69.9 Å². The molecule has 14 heteroatoms. The van der Waals surface area contributed by atoms with Gasteiger partial charge in [0, 0.05) is 12.4 Å². The molecule has 0 fully saturated rings. The predicted molar refractivity (Wildman–Crippen MR) is 167 cm³/mol. The number of carbonyl (C=O) groups is 2. The average molecular weight is 625 g/mol. The highest BCUT2D eigenvalue weighted by Gasteiger charge is 2.18. The second-order valence-corrected chi connectivity index (χ2v) is 10.9. The lowest BCUT2D eigenvalue weighted by molar-refractivity contribution is -0.158. The summed E-state index contributed by atoms with van der Waals surface area (Å²) in [6.45, 7) is 14.9. The van der Waals surface area contributed by atoms with E-state index in [0.717, 1.165) is 0 Å². The smallest absolute Gasteiger partial charge is 0.344 e. The first-order valence-electron chi connectivity index (χ1n) is 13.1. The molecule has 2 aromatic heterocycles. The number of anilines is 2. The van der Waals surface area contributed by atoms with E-state index in [0.29, 0.717) is 36.3 Å². The molecule has 2 rings (SSSR count). The summed E-state index contributed by atoms with van der Waals surface area (Å²) in [5.41, 5.74) is -1.10. The quantitative estimate of drug-likeness (QED) is 0.268. The summed E-state index contributed by atoms with van der Waals surface area (Å²) in [5, 5.41) is 5.99. The van der Waals surface area contributed by atoms with Crippen molar-refractivity contribution < 1.29 is 38.0 Å². The fourth-order valence-corrected chi connectivity index (χ4v) is 3.17. The van der Waals surface area contributed by atoms with Gasteiger partial charge in [0.15, 0.2) is 36.3 Å². The van der Waals surface area contributed by atoms with E-state index in [2.05, 4.69) is 20.6 Å². The third-order valence-corrected chi connectivity index (χ3v) is 4.50. The number of carbonyl (C=O) groups excluding carboxylic acids is 2. The molecule has 2 aromatic rings. The lowest BCUT2D eigenvalue weighted by Crippen LogP contribution is -2.27. The summed E-state index contributed by atoms with van der Waals surface area (Å²) in [4.78, 5) is 31.5. The van der Waals surface area contributed by atoms with E-state index in [1.54, 1.807) is 78.2 Å². The van der Waals surface area contributed by atoms with E-state index in [1.807, 2.05) is 13.8 Å². The normalized spacial score (nSPS) is 10.7. The third kappa shape index (κ3) is 16.5. The average Bonchev–Trinajstić information content (AvgIpc) is 2.86. The maximum absolute atomic E-state index is 11.6. The van der Waals surface area contributed by atoms with E-state index in [4.69, 9.17) is 52.9 Å². The molecule has 0 unspecified atom stereocenters. The molecule has 0 radical (unpaired) electrons. The molecule has 0 saturated carbocycles. The number of nitrogens with zero attached hydrogens (tertiary/aromatic N) is 2. The van der Waals surface area contributed by atoms with E-state index >= 15 is 0 Å². The topological polar surface area (TPSA) is 139 Å². The van der Waals surface area contributed by atoms with Gasteiger partial charge in [0.2, 0.25) is 0 Å². The SMILES string of the molecule is CCOC(=S)Nc1ncccc1OCC(=O)OC(C)(C)C.CCOC(=S)Nc1ncccc1OCC(=O)OC(C)(C)C. The molecule has 0 aromatic carbocycles. The number of nitrogens with one attached hydrogen (secondary N) is 2. The highest BCUT2D eigenvalue weighted by Crippen LogP contribution is 2.22. The molecule has 42 heavy (non-hydrogen) atoms. The van der Waals surface area contributed by atoms with Gasteiger partial charge in [-0.1, -0.05) is 0 Å². The standard InChI is InChI=1S/2C14H20N2O4S/c2*1-5-18-13(21)16-12-10(7-6-8-15-12)19-9-11(17)20-14(2,3)4/h2*6-8H,5,9H2,1-4H3,(H,15,16,21). The molecule has 0 bridgehead atoms. The van der Waals surface area contributed by atoms with Gasteiger partial charge in [-0.15, -0.1) is 0 Å². The molecule has 0 spiro atoms. The maximum atomic E-state index is 11.6. The van der Waals surface area contributed by atoms with Crippen LogP contribution in [-0.2, 0) is 28.5 Å². The molecule has 0 aliphatic carbocycles. The number of aromatic nitrogens is 2. The Hall–Kier alpha value is -3.78. The molecule has 2 heterocycles. The lowest BCUT2D eigenvalue weighted by Gasteiger charge is -2.19. The van der Waals surface area contributed by atoms with Gasteiger partial charge in [0.05, 0.1) is 13.2 Å². The number of pyridine rings is 2. The highest BCUT2D eigenvalue weighted by atomic mass is 32.1. The van der Waals surface area contributed by atoms with Crippen LogP contribution >= 0.6 is 24.4 Å². The van der Waals surface area contributed by atoms with Gasteiger partial charge in [-0.05, 0) is 104 Å². The summed E-state index contributed by atoms with van der Waals surface area (Å²) in [7, 11) is 0. The van der Waals surface area contributed by atoms with Gasteiger partial charge in [0.25, 0.3) is 10.3 Å². The van der Waals surface area contributed by atoms with Gasteiger partial charge in [0.1, 0.15) is 11.2 Å². The van der Waals surface area contributed by atoms with Crippen molar-refractivity contribution in [2.45, 2.75) is 66.6 Å². The van der Waals surface area contributed by atoms with Crippen molar-refractivity contribution in [1.82, 2.24) is 9.97 Å². The molecule has 0 atom stereocenters. The first kappa shape index (κ1) is 36.2. The molecule has 0 aliphatic heterocycles. The van der Waals surface area contributed by atoms with E-state index in [-0.39, 0.29) is 23.6 Å². The van der Waals surface area contributed by atoms with Crippen LogP contribution in [0.15, 0.2) is 36.7 Å². The minimum absolute atomic E-state index is 0.193. The number of esters is 2. The second-order valence-electron chi connectivity index (χ2n) is 10.1. The summed E-state index contributed by atoms with van der Waals surface area (Å²) in [5.74, 6) is 0.657. The van der Waals surface area contributed by atoms with Crippen LogP contribution in [0.25, 0.3) is 0 Å². The summed E-state index contributed by atoms with van der Waals surface area (Å²) >= 11 is 9.96. The van der Waals surface area contributed by atoms with Crippen molar-refractivity contribution in [2.75, 3.05) is 37.1 Å². The summed E-state index contributed by atoms with van der Waals surface area (Å²) in [6.07, 6.45) is 3.16. The first-order valence-corrected chi connectivity index (χ1v) is 13.9. The minimum atomic E-state index is -0.549. The second kappa shape index (κ2) is 17.9. The van der Waals surface area contributed by atoms with Crippen LogP contribution in [0.3, 0.4) is 0 Å². The Kier molecular flexibility index (Phi) is 15.5. The predicted octanol–water partition coefficient (Wildman–Crippen LogP) is 5.07. The fourth-order valence-electron chi connectivity index (χ4n) is 2.74. The van der Waals surface area contributed by atoms with Crippen molar-refractivity contribution >= 4 is 58.4 Å². The Balaban J connectivity index is 0.000000420. The first-order chi connectivity index (χ1) is 19.6. The maximum Gasteiger partial charge on any atom is 0.344 e. The Labute approximate surface area is 257 Å². The van der Waals surface area contributed by atoms with Gasteiger partial charge in [-0.3, -0.25) is 10.6 Å². The summed E-state index contributed by atoms with van der Waals surface area (Å²) in [6, 6.07) is 6.74. The number of thiocarbonyl (C=S) groups is 2. The molecule has 0 amide bonds. The Morgan fingerprint density at radius 2 is 1.07 bits per heavy atom. The van der Waals surface area contributed by atoms with Crippen LogP contribution in [0, 0.1) is 0 Å². The monoisotopic (exact) mass is 624 g/mol. The van der Waals surface area contributed by atoms with Gasteiger partial charge in [-0.25, -0.2) is 19.6 Å². The van der Waals surface area contributed by atoms with Gasteiger partial charge >= 0.3 is 11.9 Å².